The van der Waals surface area contributed by atoms with E-state index in [1.165, 1.54) is 16.7 Å². The molecule has 0 aliphatic carbocycles. The fourth-order valence-corrected chi connectivity index (χ4v) is 2.60. The fourth-order valence-electron chi connectivity index (χ4n) is 2.60. The quantitative estimate of drug-likeness (QED) is 0.935. The number of nitrogens with two attached hydrogens (primary N) is 1. The first-order valence-electron chi connectivity index (χ1n) is 7.51. The average molecular weight is 284 g/mol. The van der Waals surface area contributed by atoms with E-state index in [4.69, 9.17) is 9.47 Å². The van der Waals surface area contributed by atoms with Gasteiger partial charge in [-0.05, 0) is 18.1 Å². The Labute approximate surface area is 125 Å². The van der Waals surface area contributed by atoms with Gasteiger partial charge in [-0.2, -0.15) is 0 Å². The molecular weight excluding hydrogens is 262 g/mol. The lowest BCUT2D eigenvalue weighted by atomic mass is 10.1. The first-order valence-corrected chi connectivity index (χ1v) is 7.51. The summed E-state index contributed by atoms with van der Waals surface area (Å²) in [5.74, 6) is 0. The van der Waals surface area contributed by atoms with Gasteiger partial charge >= 0.3 is 0 Å². The van der Waals surface area contributed by atoms with E-state index in [-0.39, 0.29) is 6.29 Å². The minimum Gasteiger partial charge on any atom is -0.343 e. The molecule has 0 bridgehead atoms. The molecule has 0 radical (unpaired) electrons. The lowest BCUT2D eigenvalue weighted by molar-refractivity contribution is -0.704. The van der Waals surface area contributed by atoms with Gasteiger partial charge in [-0.15, -0.1) is 0 Å². The van der Waals surface area contributed by atoms with E-state index in [1.807, 2.05) is 18.2 Å². The zero-order chi connectivity index (χ0) is 14.5. The Bertz CT molecular complexity index is 543. The number of hydrogen-bond donors (Lipinski definition) is 1. The summed E-state index contributed by atoms with van der Waals surface area (Å²) < 4.78 is 11.7. The highest BCUT2D eigenvalue weighted by Gasteiger charge is 2.19. The van der Waals surface area contributed by atoms with Crippen LogP contribution in [0.5, 0.6) is 0 Å². The van der Waals surface area contributed by atoms with Crippen molar-refractivity contribution in [3.8, 4) is 0 Å². The van der Waals surface area contributed by atoms with Gasteiger partial charge in [0.25, 0.3) is 0 Å². The van der Waals surface area contributed by atoms with Crippen molar-refractivity contribution in [2.24, 2.45) is 0 Å². The highest BCUT2D eigenvalue weighted by molar-refractivity contribution is 5.26. The van der Waals surface area contributed by atoms with Crippen molar-refractivity contribution in [1.82, 2.24) is 0 Å². The maximum atomic E-state index is 5.86. The van der Waals surface area contributed by atoms with Crippen LogP contribution in [0.2, 0.25) is 0 Å². The van der Waals surface area contributed by atoms with Crippen LogP contribution in [-0.4, -0.2) is 12.8 Å². The number of ether oxygens (including phenoxy) is 2. The summed E-state index contributed by atoms with van der Waals surface area (Å²) >= 11 is 0. The second kappa shape index (κ2) is 6.85. The number of benzene rings is 2. The summed E-state index contributed by atoms with van der Waals surface area (Å²) in [7, 11) is 0. The van der Waals surface area contributed by atoms with E-state index in [1.54, 1.807) is 0 Å². The van der Waals surface area contributed by atoms with Crippen molar-refractivity contribution in [3.63, 3.8) is 0 Å². The first kappa shape index (κ1) is 14.3. The SMILES string of the molecule is C[C@H]([NH2+]CC1OCc2ccccc2CO1)c1ccccc1. The predicted molar refractivity (Wildman–Crippen MR) is 81.5 cm³/mol. The summed E-state index contributed by atoms with van der Waals surface area (Å²) in [5, 5.41) is 2.27. The lowest BCUT2D eigenvalue weighted by Crippen LogP contribution is -2.87. The third-order valence-corrected chi connectivity index (χ3v) is 3.98. The summed E-state index contributed by atoms with van der Waals surface area (Å²) in [6, 6.07) is 19.2. The third-order valence-electron chi connectivity index (χ3n) is 3.98. The molecular formula is C18H22NO2+. The van der Waals surface area contributed by atoms with Crippen molar-refractivity contribution in [2.45, 2.75) is 32.5 Å². The van der Waals surface area contributed by atoms with Crippen LogP contribution in [0.15, 0.2) is 54.6 Å². The second-order valence-electron chi connectivity index (χ2n) is 5.49. The molecule has 3 nitrogen and oxygen atoms in total. The monoisotopic (exact) mass is 284 g/mol. The van der Waals surface area contributed by atoms with Gasteiger partial charge in [-0.1, -0.05) is 54.6 Å². The van der Waals surface area contributed by atoms with Crippen molar-refractivity contribution >= 4 is 0 Å². The molecule has 110 valence electrons. The zero-order valence-corrected chi connectivity index (χ0v) is 12.4. The van der Waals surface area contributed by atoms with Gasteiger partial charge in [-0.25, -0.2) is 0 Å². The first-order chi connectivity index (χ1) is 10.3. The van der Waals surface area contributed by atoms with E-state index < -0.39 is 0 Å². The summed E-state index contributed by atoms with van der Waals surface area (Å²) in [5.41, 5.74) is 3.79. The Morgan fingerprint density at radius 2 is 1.52 bits per heavy atom. The largest absolute Gasteiger partial charge is 0.343 e. The molecule has 2 N–H and O–H groups in total. The number of fused-ring (bicyclic) bond motifs is 1. The van der Waals surface area contributed by atoms with Crippen molar-refractivity contribution in [1.29, 1.82) is 0 Å². The van der Waals surface area contributed by atoms with E-state index in [0.29, 0.717) is 19.3 Å². The Hall–Kier alpha value is -1.68. The van der Waals surface area contributed by atoms with Gasteiger partial charge in [0.1, 0.15) is 12.6 Å². The van der Waals surface area contributed by atoms with Crippen LogP contribution in [-0.2, 0) is 22.7 Å². The predicted octanol–water partition coefficient (Wildman–Crippen LogP) is 2.38. The second-order valence-corrected chi connectivity index (χ2v) is 5.49. The Kier molecular flexibility index (Phi) is 4.65. The van der Waals surface area contributed by atoms with Gasteiger partial charge in [0.2, 0.25) is 6.29 Å². The molecule has 0 aromatic heterocycles. The normalized spacial score (nSPS) is 17.0. The van der Waals surface area contributed by atoms with Crippen molar-refractivity contribution in [2.75, 3.05) is 6.54 Å². The molecule has 2 aromatic carbocycles. The van der Waals surface area contributed by atoms with Gasteiger partial charge in [-0.3, -0.25) is 0 Å². The molecule has 0 amide bonds. The highest BCUT2D eigenvalue weighted by atomic mass is 16.7. The Balaban J connectivity index is 1.53. The number of rotatable bonds is 4. The van der Waals surface area contributed by atoms with Crippen LogP contribution in [0.1, 0.15) is 29.7 Å². The van der Waals surface area contributed by atoms with Crippen LogP contribution < -0.4 is 5.32 Å². The fraction of sp³-hybridized carbons (Fsp3) is 0.333. The van der Waals surface area contributed by atoms with Gasteiger partial charge in [0, 0.05) is 5.56 Å². The van der Waals surface area contributed by atoms with E-state index in [0.717, 1.165) is 6.54 Å². The van der Waals surface area contributed by atoms with E-state index >= 15 is 0 Å². The van der Waals surface area contributed by atoms with Crippen LogP contribution in [0, 0.1) is 0 Å². The van der Waals surface area contributed by atoms with Gasteiger partial charge in [0.05, 0.1) is 13.2 Å². The molecule has 21 heavy (non-hydrogen) atoms. The maximum Gasteiger partial charge on any atom is 0.208 e. The molecule has 1 aliphatic heterocycles. The minimum absolute atomic E-state index is 0.149. The molecule has 0 saturated heterocycles. The summed E-state index contributed by atoms with van der Waals surface area (Å²) in [4.78, 5) is 0. The standard InChI is InChI=1S/C18H21NO2/c1-14(15-7-3-2-4-8-15)19-11-18-20-12-16-9-5-6-10-17(16)13-21-18/h2-10,14,18-19H,11-13H2,1H3/p+1/t14-/m0/s1. The molecule has 1 atom stereocenters. The highest BCUT2D eigenvalue weighted by Crippen LogP contribution is 2.17. The van der Waals surface area contributed by atoms with Crippen LogP contribution >= 0.6 is 0 Å². The number of hydrogen-bond acceptors (Lipinski definition) is 2. The van der Waals surface area contributed by atoms with Gasteiger partial charge in [0.15, 0.2) is 0 Å². The Morgan fingerprint density at radius 1 is 0.952 bits per heavy atom. The molecule has 1 heterocycles. The molecule has 3 rings (SSSR count). The summed E-state index contributed by atoms with van der Waals surface area (Å²) in [6.45, 7) is 4.29. The molecule has 2 aromatic rings. The average Bonchev–Trinajstić information content (AvgIpc) is 2.76. The summed E-state index contributed by atoms with van der Waals surface area (Å²) in [6.07, 6.45) is -0.149. The smallest absolute Gasteiger partial charge is 0.208 e. The Morgan fingerprint density at radius 3 is 2.14 bits per heavy atom. The number of quaternary nitrogens is 1. The molecule has 0 unspecified atom stereocenters. The molecule has 1 aliphatic rings. The molecule has 0 spiro atoms. The topological polar surface area (TPSA) is 35.1 Å². The minimum atomic E-state index is -0.149. The van der Waals surface area contributed by atoms with Gasteiger partial charge < -0.3 is 14.8 Å². The van der Waals surface area contributed by atoms with Crippen LogP contribution in [0.25, 0.3) is 0 Å². The lowest BCUT2D eigenvalue weighted by Gasteiger charge is -2.17. The van der Waals surface area contributed by atoms with E-state index in [2.05, 4.69) is 48.6 Å². The van der Waals surface area contributed by atoms with Crippen molar-refractivity contribution in [3.05, 3.63) is 71.3 Å². The van der Waals surface area contributed by atoms with Crippen molar-refractivity contribution < 1.29 is 14.8 Å². The maximum absolute atomic E-state index is 5.86. The molecule has 0 fully saturated rings. The third kappa shape index (κ3) is 3.70. The van der Waals surface area contributed by atoms with E-state index in [9.17, 15) is 0 Å². The molecule has 0 saturated carbocycles. The van der Waals surface area contributed by atoms with Crippen LogP contribution in [0.4, 0.5) is 0 Å². The zero-order valence-electron chi connectivity index (χ0n) is 12.4. The van der Waals surface area contributed by atoms with Crippen LogP contribution in [0.3, 0.4) is 0 Å². The molecule has 3 heteroatoms.